The van der Waals surface area contributed by atoms with Crippen molar-refractivity contribution < 1.29 is 61.1 Å². The molecule has 21 nitrogen and oxygen atoms in total. The van der Waals surface area contributed by atoms with E-state index in [1.807, 2.05) is 84.9 Å². The number of methoxy groups -OCH3 is 2. The van der Waals surface area contributed by atoms with Gasteiger partial charge in [0.25, 0.3) is 11.5 Å². The summed E-state index contributed by atoms with van der Waals surface area (Å²) in [4.78, 5) is 71.4. The number of para-hydroxylation sites is 2. The Morgan fingerprint density at radius 1 is 0.679 bits per heavy atom. The van der Waals surface area contributed by atoms with E-state index in [1.165, 1.54) is 23.0 Å². The first-order valence-electron chi connectivity index (χ1n) is 24.7. The molecule has 1 unspecified atom stereocenters. The maximum atomic E-state index is 14.1. The van der Waals surface area contributed by atoms with Crippen LogP contribution in [0.4, 0.5) is 5.82 Å². The van der Waals surface area contributed by atoms with Gasteiger partial charge in [-0.2, -0.15) is 4.98 Å². The fraction of sp³-hybridized carbons (Fsp3) is 0.286. The van der Waals surface area contributed by atoms with E-state index in [0.717, 1.165) is 21.3 Å². The van der Waals surface area contributed by atoms with Crippen molar-refractivity contribution in [2.24, 2.45) is 0 Å². The predicted molar refractivity (Wildman–Crippen MR) is 281 cm³/mol. The number of carbonyl (C=O) groups excluding carboxylic acids is 2. The Bertz CT molecular complexity index is 3300. The van der Waals surface area contributed by atoms with Crippen LogP contribution in [-0.4, -0.2) is 96.0 Å². The molecule has 7 aromatic rings. The maximum absolute atomic E-state index is 14.1. The molecule has 0 spiro atoms. The molecule has 4 heterocycles. The first-order chi connectivity index (χ1) is 37.9. The minimum Gasteiger partial charge on any atom is -0.497 e. The number of benzene rings is 5. The number of rotatable bonds is 23. The molecule has 0 radical (unpaired) electrons. The van der Waals surface area contributed by atoms with Crippen LogP contribution in [0.5, 0.6) is 23.0 Å². The lowest BCUT2D eigenvalue weighted by Gasteiger charge is -2.37. The SMILES string of the molecule is COc1ccc(C(OC[C@H]2O[C@@H](n3cc(C)c(=O)[nH]c3=O)C[C@@H]2O[P+](=O)OC[C@H]2O[C@@H](n3ccc(NC(=O)COc4ccccc4)nc3=O)C[C@@H]2OC(=O)COc2ccccc2)(c2ccccc2)c2ccc(OC)cc2)cc1. The molecule has 78 heavy (non-hydrogen) atoms. The normalized spacial score (nSPS) is 19.1. The molecular weight excluding hydrogens is 1030 g/mol. The minimum absolute atomic E-state index is 0.0411. The predicted octanol–water partition coefficient (Wildman–Crippen LogP) is 6.77. The van der Waals surface area contributed by atoms with E-state index in [9.17, 15) is 28.5 Å². The zero-order chi connectivity index (χ0) is 54.6. The summed E-state index contributed by atoms with van der Waals surface area (Å²) in [7, 11) is 0.102. The molecule has 22 heteroatoms. The molecule has 5 aromatic carbocycles. The summed E-state index contributed by atoms with van der Waals surface area (Å²) in [6, 6.07) is 43.1. The molecule has 2 aromatic heterocycles. The number of aromatic nitrogens is 4. The van der Waals surface area contributed by atoms with Crippen LogP contribution in [0.15, 0.2) is 172 Å². The Morgan fingerprint density at radius 3 is 1.81 bits per heavy atom. The molecule has 404 valence electrons. The number of aryl methyl sites for hydroxylation is 1. The molecule has 2 fully saturated rings. The molecule has 2 saturated heterocycles. The summed E-state index contributed by atoms with van der Waals surface area (Å²) < 4.78 is 76.4. The number of nitrogens with one attached hydrogen (secondary N) is 2. The van der Waals surface area contributed by atoms with Crippen molar-refractivity contribution in [3.8, 4) is 23.0 Å². The van der Waals surface area contributed by atoms with Crippen LogP contribution < -0.4 is 41.2 Å². The van der Waals surface area contributed by atoms with Crippen molar-refractivity contribution in [3.05, 3.63) is 212 Å². The second-order valence-corrected chi connectivity index (χ2v) is 18.9. The molecule has 2 aliphatic heterocycles. The van der Waals surface area contributed by atoms with Crippen LogP contribution in [0.25, 0.3) is 0 Å². The average molecular weight is 1090 g/mol. The van der Waals surface area contributed by atoms with Crippen molar-refractivity contribution in [1.29, 1.82) is 0 Å². The summed E-state index contributed by atoms with van der Waals surface area (Å²) in [5.74, 6) is 0.778. The molecule has 2 aliphatic rings. The van der Waals surface area contributed by atoms with E-state index >= 15 is 0 Å². The Kier molecular flexibility index (Phi) is 17.6. The van der Waals surface area contributed by atoms with Gasteiger partial charge in [-0.15, -0.1) is 9.05 Å². The Hall–Kier alpha value is -8.30. The van der Waals surface area contributed by atoms with Gasteiger partial charge >= 0.3 is 25.6 Å². The topological polar surface area (TPSA) is 245 Å². The van der Waals surface area contributed by atoms with Gasteiger partial charge in [-0.25, -0.2) is 14.4 Å². The lowest BCUT2D eigenvalue weighted by molar-refractivity contribution is -0.155. The summed E-state index contributed by atoms with van der Waals surface area (Å²) >= 11 is 0. The molecule has 9 rings (SSSR count). The number of H-pyrrole nitrogens is 1. The highest BCUT2D eigenvalue weighted by atomic mass is 31.1. The number of amides is 1. The van der Waals surface area contributed by atoms with Crippen molar-refractivity contribution >= 4 is 25.9 Å². The largest absolute Gasteiger partial charge is 0.697 e. The summed E-state index contributed by atoms with van der Waals surface area (Å²) in [6.07, 6.45) is -3.75. The molecule has 7 atom stereocenters. The smallest absolute Gasteiger partial charge is 0.497 e. The fourth-order valence-corrected chi connectivity index (χ4v) is 9.81. The average Bonchev–Trinajstić information content (AvgIpc) is 4.17. The molecule has 0 bridgehead atoms. The van der Waals surface area contributed by atoms with Crippen molar-refractivity contribution in [1.82, 2.24) is 19.1 Å². The number of carbonyl (C=O) groups is 2. The number of esters is 1. The van der Waals surface area contributed by atoms with E-state index in [2.05, 4.69) is 15.3 Å². The van der Waals surface area contributed by atoms with E-state index in [0.29, 0.717) is 23.0 Å². The van der Waals surface area contributed by atoms with Gasteiger partial charge in [-0.3, -0.25) is 23.7 Å². The number of nitrogens with zero attached hydrogens (tertiary/aromatic N) is 3. The third-order valence-electron chi connectivity index (χ3n) is 12.9. The first kappa shape index (κ1) is 54.5. The highest BCUT2D eigenvalue weighted by Crippen LogP contribution is 2.44. The zero-order valence-electron chi connectivity index (χ0n) is 42.5. The van der Waals surface area contributed by atoms with Crippen LogP contribution in [-0.2, 0) is 47.8 Å². The van der Waals surface area contributed by atoms with Gasteiger partial charge in [-0.05, 0) is 78.2 Å². The zero-order valence-corrected chi connectivity index (χ0v) is 43.4. The fourth-order valence-electron chi connectivity index (χ4n) is 9.04. The first-order valence-corrected chi connectivity index (χ1v) is 25.8. The maximum Gasteiger partial charge on any atom is 0.697 e. The van der Waals surface area contributed by atoms with Gasteiger partial charge in [0.2, 0.25) is 0 Å². The van der Waals surface area contributed by atoms with E-state index in [-0.39, 0.29) is 37.4 Å². The number of aromatic amines is 1. The van der Waals surface area contributed by atoms with Crippen molar-refractivity contribution in [2.45, 2.75) is 62.2 Å². The van der Waals surface area contributed by atoms with Crippen molar-refractivity contribution in [2.75, 3.05) is 46.0 Å². The lowest BCUT2D eigenvalue weighted by atomic mass is 9.80. The van der Waals surface area contributed by atoms with Crippen LogP contribution in [0.3, 0.4) is 0 Å². The Labute approximate surface area is 447 Å². The van der Waals surface area contributed by atoms with Crippen LogP contribution in [0, 0.1) is 6.92 Å². The standard InChI is InChI=1S/C56H54N5O16P/c1-36-31-61(55(66)59-53(36)64)51-30-45(46(74-51)32-72-56(37-13-7-4-8-14-37,38-19-23-40(68-2)24-20-38)39-21-25-41(69-3)26-22-39)77-78(67)73-33-47-44(76-52(63)35-71-43-17-11-6-12-18-43)29-50(75-47)60-28-27-48(58-54(60)65)57-49(62)34-70-42-15-9-5-10-16-42/h4-28,31,44-47,50-51H,29-30,32-35H2,1-3H3,(H-,57,58,59,62,64,65,66)/p+1/t44-,45-,46+,47+,50+,51+/m0/s1. The van der Waals surface area contributed by atoms with Crippen LogP contribution in [0.2, 0.25) is 0 Å². The highest BCUT2D eigenvalue weighted by molar-refractivity contribution is 7.33. The second kappa shape index (κ2) is 25.2. The number of hydrogen-bond acceptors (Lipinski definition) is 17. The van der Waals surface area contributed by atoms with E-state index in [4.69, 9.17) is 46.9 Å². The second-order valence-electron chi connectivity index (χ2n) is 18.0. The Morgan fingerprint density at radius 2 is 1.22 bits per heavy atom. The number of ether oxygens (including phenoxy) is 8. The Balaban J connectivity index is 0.947. The van der Waals surface area contributed by atoms with Crippen molar-refractivity contribution in [3.63, 3.8) is 0 Å². The monoisotopic (exact) mass is 1080 g/mol. The minimum atomic E-state index is -3.04. The molecule has 2 N–H and O–H groups in total. The number of anilines is 1. The third-order valence-corrected chi connectivity index (χ3v) is 13.7. The summed E-state index contributed by atoms with van der Waals surface area (Å²) in [6.45, 7) is 0.0643. The van der Waals surface area contributed by atoms with Crippen LogP contribution in [0.1, 0.15) is 47.6 Å². The van der Waals surface area contributed by atoms with Gasteiger partial charge < -0.3 is 43.2 Å². The lowest BCUT2D eigenvalue weighted by Crippen LogP contribution is -2.38. The molecular formula is C56H55N5O16P+. The van der Waals surface area contributed by atoms with Gasteiger partial charge in [0, 0.05) is 35.4 Å². The molecule has 0 aliphatic carbocycles. The third kappa shape index (κ3) is 13.1. The van der Waals surface area contributed by atoms with Gasteiger partial charge in [0.1, 0.15) is 77.9 Å². The number of hydrogen-bond donors (Lipinski definition) is 2. The van der Waals surface area contributed by atoms with E-state index in [1.54, 1.807) is 75.7 Å². The quantitative estimate of drug-likeness (QED) is 0.0381. The van der Waals surface area contributed by atoms with Gasteiger partial charge in [-0.1, -0.05) is 91.0 Å². The van der Waals surface area contributed by atoms with E-state index < -0.39 is 92.8 Å². The molecule has 1 amide bonds. The van der Waals surface area contributed by atoms with Gasteiger partial charge in [0.15, 0.2) is 13.2 Å². The summed E-state index contributed by atoms with van der Waals surface area (Å²) in [5, 5.41) is 2.54. The van der Waals surface area contributed by atoms with Gasteiger partial charge in [0.05, 0.1) is 20.8 Å². The summed E-state index contributed by atoms with van der Waals surface area (Å²) in [5.41, 5.74) is -0.991. The van der Waals surface area contributed by atoms with Crippen LogP contribution >= 0.6 is 8.25 Å². The molecule has 0 saturated carbocycles. The highest BCUT2D eigenvalue weighted by Gasteiger charge is 2.48.